The van der Waals surface area contributed by atoms with Gasteiger partial charge in [0.05, 0.1) is 0 Å². The molecule has 1 unspecified atom stereocenters. The number of hydrogen-bond acceptors (Lipinski definition) is 2. The van der Waals surface area contributed by atoms with E-state index in [4.69, 9.17) is 4.74 Å². The summed E-state index contributed by atoms with van der Waals surface area (Å²) in [5.74, 6) is 0. The molecule has 1 saturated heterocycles. The van der Waals surface area contributed by atoms with Crippen molar-refractivity contribution < 1.29 is 4.74 Å². The first kappa shape index (κ1) is 13.4. The van der Waals surface area contributed by atoms with Crippen molar-refractivity contribution in [1.29, 1.82) is 0 Å². The van der Waals surface area contributed by atoms with Crippen molar-refractivity contribution in [3.05, 3.63) is 29.8 Å². The van der Waals surface area contributed by atoms with Crippen LogP contribution in [0.3, 0.4) is 0 Å². The maximum atomic E-state index is 5.49. The third-order valence-corrected chi connectivity index (χ3v) is 3.57. The zero-order valence-corrected chi connectivity index (χ0v) is 11.8. The first-order chi connectivity index (χ1) is 8.55. The zero-order valence-electron chi connectivity index (χ0n) is 11.8. The summed E-state index contributed by atoms with van der Waals surface area (Å²) in [7, 11) is 0. The number of hydrogen-bond donors (Lipinski definition) is 1. The van der Waals surface area contributed by atoms with Crippen LogP contribution in [0, 0.1) is 0 Å². The van der Waals surface area contributed by atoms with E-state index >= 15 is 0 Å². The molecule has 1 aromatic carbocycles. The van der Waals surface area contributed by atoms with Gasteiger partial charge in [0.25, 0.3) is 0 Å². The van der Waals surface area contributed by atoms with Crippen molar-refractivity contribution in [2.24, 2.45) is 0 Å². The van der Waals surface area contributed by atoms with E-state index in [2.05, 4.69) is 50.4 Å². The van der Waals surface area contributed by atoms with Gasteiger partial charge in [-0.25, -0.2) is 0 Å². The molecule has 1 atom stereocenters. The third-order valence-electron chi connectivity index (χ3n) is 3.57. The second kappa shape index (κ2) is 5.75. The minimum Gasteiger partial charge on any atom is -0.382 e. The molecule has 0 aromatic heterocycles. The lowest BCUT2D eigenvalue weighted by Gasteiger charge is -2.21. The maximum absolute atomic E-state index is 5.49. The molecule has 2 rings (SSSR count). The van der Waals surface area contributed by atoms with E-state index < -0.39 is 0 Å². The number of nitrogens with one attached hydrogen (secondary N) is 1. The normalized spacial score (nSPS) is 21.4. The van der Waals surface area contributed by atoms with Gasteiger partial charge in [0, 0.05) is 24.9 Å². The second-order valence-electron chi connectivity index (χ2n) is 6.21. The summed E-state index contributed by atoms with van der Waals surface area (Å²) in [6.45, 7) is 8.55. The molecule has 1 heterocycles. The van der Waals surface area contributed by atoms with E-state index in [0.29, 0.717) is 6.04 Å². The number of benzene rings is 1. The molecule has 0 radical (unpaired) electrons. The SMILES string of the molecule is CC(C)(C)c1ccc(NC2CCCOCC2)cc1. The van der Waals surface area contributed by atoms with Crippen molar-refractivity contribution in [2.45, 2.75) is 51.5 Å². The topological polar surface area (TPSA) is 21.3 Å². The molecule has 18 heavy (non-hydrogen) atoms. The lowest BCUT2D eigenvalue weighted by molar-refractivity contribution is 0.144. The van der Waals surface area contributed by atoms with Crippen LogP contribution in [0.4, 0.5) is 5.69 Å². The van der Waals surface area contributed by atoms with E-state index in [9.17, 15) is 0 Å². The molecule has 2 nitrogen and oxygen atoms in total. The van der Waals surface area contributed by atoms with E-state index in [1.165, 1.54) is 17.7 Å². The lowest BCUT2D eigenvalue weighted by atomic mass is 9.87. The predicted octanol–water partition coefficient (Wildman–Crippen LogP) is 3.97. The van der Waals surface area contributed by atoms with Gasteiger partial charge in [-0.3, -0.25) is 0 Å². The molecule has 0 saturated carbocycles. The largest absolute Gasteiger partial charge is 0.382 e. The fourth-order valence-corrected chi connectivity index (χ4v) is 2.35. The van der Waals surface area contributed by atoms with Crippen LogP contribution < -0.4 is 5.32 Å². The average Bonchev–Trinajstić information content (AvgIpc) is 2.57. The van der Waals surface area contributed by atoms with Crippen LogP contribution in [0.2, 0.25) is 0 Å². The third kappa shape index (κ3) is 3.74. The van der Waals surface area contributed by atoms with Crippen LogP contribution in [0.15, 0.2) is 24.3 Å². The Kier molecular flexibility index (Phi) is 4.28. The van der Waals surface area contributed by atoms with Crippen molar-refractivity contribution >= 4 is 5.69 Å². The van der Waals surface area contributed by atoms with E-state index in [-0.39, 0.29) is 5.41 Å². The predicted molar refractivity (Wildman–Crippen MR) is 77.2 cm³/mol. The summed E-state index contributed by atoms with van der Waals surface area (Å²) < 4.78 is 5.49. The van der Waals surface area contributed by atoms with E-state index in [0.717, 1.165) is 26.1 Å². The van der Waals surface area contributed by atoms with Crippen LogP contribution in [0.25, 0.3) is 0 Å². The van der Waals surface area contributed by atoms with Crippen LogP contribution >= 0.6 is 0 Å². The average molecular weight is 247 g/mol. The van der Waals surface area contributed by atoms with E-state index in [1.54, 1.807) is 0 Å². The first-order valence-corrected chi connectivity index (χ1v) is 7.00. The molecule has 1 aliphatic rings. The van der Waals surface area contributed by atoms with Gasteiger partial charge >= 0.3 is 0 Å². The first-order valence-electron chi connectivity index (χ1n) is 7.00. The fraction of sp³-hybridized carbons (Fsp3) is 0.625. The van der Waals surface area contributed by atoms with Gasteiger partial charge in [-0.05, 0) is 42.4 Å². The summed E-state index contributed by atoms with van der Waals surface area (Å²) in [6.07, 6.45) is 3.49. The molecule has 1 aromatic rings. The standard InChI is InChI=1S/C16H25NO/c1-16(2,3)13-6-8-15(9-7-13)17-14-5-4-11-18-12-10-14/h6-9,14,17H,4-5,10-12H2,1-3H3. The zero-order chi connectivity index (χ0) is 13.0. The Morgan fingerprint density at radius 1 is 1.06 bits per heavy atom. The minimum absolute atomic E-state index is 0.231. The van der Waals surface area contributed by atoms with Crippen molar-refractivity contribution in [2.75, 3.05) is 18.5 Å². The smallest absolute Gasteiger partial charge is 0.0485 e. The van der Waals surface area contributed by atoms with Crippen molar-refractivity contribution in [1.82, 2.24) is 0 Å². The van der Waals surface area contributed by atoms with E-state index in [1.807, 2.05) is 0 Å². The molecular weight excluding hydrogens is 222 g/mol. The summed E-state index contributed by atoms with van der Waals surface area (Å²) in [5, 5.41) is 3.62. The minimum atomic E-state index is 0.231. The molecule has 0 amide bonds. The summed E-state index contributed by atoms with van der Waals surface area (Å²) in [4.78, 5) is 0. The maximum Gasteiger partial charge on any atom is 0.0485 e. The Bertz CT molecular complexity index is 356. The van der Waals surface area contributed by atoms with Gasteiger partial charge < -0.3 is 10.1 Å². The van der Waals surface area contributed by atoms with Crippen molar-refractivity contribution in [3.8, 4) is 0 Å². The van der Waals surface area contributed by atoms with Gasteiger partial charge in [0.1, 0.15) is 0 Å². The Morgan fingerprint density at radius 3 is 2.44 bits per heavy atom. The summed E-state index contributed by atoms with van der Waals surface area (Å²) in [5.41, 5.74) is 2.85. The molecule has 0 aliphatic carbocycles. The lowest BCUT2D eigenvalue weighted by Crippen LogP contribution is -2.19. The van der Waals surface area contributed by atoms with Crippen LogP contribution in [0.1, 0.15) is 45.6 Å². The number of anilines is 1. The monoisotopic (exact) mass is 247 g/mol. The molecule has 100 valence electrons. The van der Waals surface area contributed by atoms with Gasteiger partial charge in [0.15, 0.2) is 0 Å². The highest BCUT2D eigenvalue weighted by Gasteiger charge is 2.14. The number of rotatable bonds is 2. The summed E-state index contributed by atoms with van der Waals surface area (Å²) >= 11 is 0. The Balaban J connectivity index is 1.97. The van der Waals surface area contributed by atoms with Crippen LogP contribution in [0.5, 0.6) is 0 Å². The summed E-state index contributed by atoms with van der Waals surface area (Å²) in [6, 6.07) is 9.43. The highest BCUT2D eigenvalue weighted by atomic mass is 16.5. The number of ether oxygens (including phenoxy) is 1. The Labute approximate surface area is 111 Å². The van der Waals surface area contributed by atoms with Crippen molar-refractivity contribution in [3.63, 3.8) is 0 Å². The Morgan fingerprint density at radius 2 is 1.78 bits per heavy atom. The van der Waals surface area contributed by atoms with Gasteiger partial charge in [0.2, 0.25) is 0 Å². The van der Waals surface area contributed by atoms with Gasteiger partial charge in [-0.15, -0.1) is 0 Å². The molecule has 0 bridgehead atoms. The highest BCUT2D eigenvalue weighted by molar-refractivity contribution is 5.46. The molecular formula is C16H25NO. The molecule has 1 fully saturated rings. The molecule has 1 aliphatic heterocycles. The molecule has 0 spiro atoms. The molecule has 1 N–H and O–H groups in total. The Hall–Kier alpha value is -1.02. The van der Waals surface area contributed by atoms with Crippen LogP contribution in [-0.2, 0) is 10.2 Å². The molecule has 2 heteroatoms. The van der Waals surface area contributed by atoms with Gasteiger partial charge in [-0.1, -0.05) is 32.9 Å². The van der Waals surface area contributed by atoms with Crippen LogP contribution in [-0.4, -0.2) is 19.3 Å². The van der Waals surface area contributed by atoms with Gasteiger partial charge in [-0.2, -0.15) is 0 Å². The quantitative estimate of drug-likeness (QED) is 0.854. The second-order valence-corrected chi connectivity index (χ2v) is 6.21. The fourth-order valence-electron chi connectivity index (χ4n) is 2.35. The highest BCUT2D eigenvalue weighted by Crippen LogP contribution is 2.24.